The van der Waals surface area contributed by atoms with Gasteiger partial charge in [-0.3, -0.25) is 9.97 Å². The first-order chi connectivity index (χ1) is 39.1. The molecule has 0 fully saturated rings. The molecule has 0 spiro atoms. The molecule has 0 bridgehead atoms. The van der Waals surface area contributed by atoms with Crippen LogP contribution in [0.4, 0.5) is 0 Å². The Morgan fingerprint density at radius 3 is 0.924 bits per heavy atom. The van der Waals surface area contributed by atoms with Crippen molar-refractivity contribution in [2.45, 2.75) is 6.92 Å². The first-order valence-corrected chi connectivity index (χ1v) is 26.9. The highest BCUT2D eigenvalue weighted by Gasteiger charge is 2.19. The van der Waals surface area contributed by atoms with E-state index in [1.807, 2.05) is 18.5 Å². The van der Waals surface area contributed by atoms with Crippen molar-refractivity contribution < 1.29 is 0 Å². The third kappa shape index (κ3) is 8.62. The van der Waals surface area contributed by atoms with E-state index in [0.29, 0.717) is 0 Å². The highest BCUT2D eigenvalue weighted by Crippen LogP contribution is 2.42. The lowest BCUT2D eigenvalue weighted by Crippen LogP contribution is -1.94. The molecule has 0 N–H and O–H groups in total. The van der Waals surface area contributed by atoms with Crippen molar-refractivity contribution in [3.8, 4) is 78.1 Å². The van der Waals surface area contributed by atoms with Crippen LogP contribution in [-0.4, -0.2) is 19.9 Å². The van der Waals surface area contributed by atoms with Crippen LogP contribution in [0.1, 0.15) is 5.56 Å². The van der Waals surface area contributed by atoms with Crippen molar-refractivity contribution >= 4 is 65.2 Å². The van der Waals surface area contributed by atoms with Crippen molar-refractivity contribution in [1.29, 1.82) is 0 Å². The van der Waals surface area contributed by atoms with Gasteiger partial charge in [0.1, 0.15) is 0 Å². The summed E-state index contributed by atoms with van der Waals surface area (Å²) in [4.78, 5) is 20.5. The summed E-state index contributed by atoms with van der Waals surface area (Å²) in [6, 6.07) is 96.4. The Kier molecular flexibility index (Phi) is 12.1. The van der Waals surface area contributed by atoms with Crippen LogP contribution in [0.15, 0.2) is 285 Å². The largest absolute Gasteiger partial charge is 0.254 e. The van der Waals surface area contributed by atoms with Crippen molar-refractivity contribution in [1.82, 2.24) is 19.9 Å². The standard InChI is InChI=1S/C40H26N2.C35H24N2/c1-4-12-27(13-5-1)30-18-10-20-33-32(30)19-11-21-34(33)38-26-37(29-16-8-3-9-17-29)36-23-22-35-31(28-14-6-2-7-15-28)24-25-41-39(35)40(36)42-38;1-23-10-8-16-28-26(23)15-9-17-29(28)33-22-32(25-13-6-3-7-14-25)31-19-18-30-27(24-11-4-2-5-12-24)20-21-36-34(30)35(31)37-33/h1-26H;2-22H,1H3. The van der Waals surface area contributed by atoms with E-state index in [-0.39, 0.29) is 0 Å². The number of hydrogen-bond donors (Lipinski definition) is 0. The zero-order chi connectivity index (χ0) is 52.7. The van der Waals surface area contributed by atoms with Crippen LogP contribution in [0.5, 0.6) is 0 Å². The molecule has 4 heterocycles. The van der Waals surface area contributed by atoms with E-state index in [2.05, 4.69) is 274 Å². The highest BCUT2D eigenvalue weighted by atomic mass is 14.8. The van der Waals surface area contributed by atoms with Gasteiger partial charge in [0.15, 0.2) is 0 Å². The summed E-state index contributed by atoms with van der Waals surface area (Å²) in [6.45, 7) is 2.16. The maximum Gasteiger partial charge on any atom is 0.0978 e. The van der Waals surface area contributed by atoms with Crippen molar-refractivity contribution in [3.05, 3.63) is 291 Å². The van der Waals surface area contributed by atoms with Gasteiger partial charge in [0, 0.05) is 45.1 Å². The number of fused-ring (bicyclic) bond motifs is 8. The Labute approximate surface area is 458 Å². The normalized spacial score (nSPS) is 11.4. The van der Waals surface area contributed by atoms with Gasteiger partial charge in [-0.1, -0.05) is 249 Å². The number of nitrogens with zero attached hydrogens (tertiary/aromatic N) is 4. The van der Waals surface area contributed by atoms with Crippen LogP contribution in [0.25, 0.3) is 143 Å². The molecule has 4 nitrogen and oxygen atoms in total. The molecule has 4 aromatic heterocycles. The van der Waals surface area contributed by atoms with E-state index in [0.717, 1.165) is 82.8 Å². The number of rotatable bonds is 7. The van der Waals surface area contributed by atoms with Crippen molar-refractivity contribution in [2.24, 2.45) is 0 Å². The number of pyridine rings is 4. The molecule has 15 rings (SSSR count). The lowest BCUT2D eigenvalue weighted by Gasteiger charge is -2.15. The van der Waals surface area contributed by atoms with Gasteiger partial charge in [0.05, 0.1) is 33.5 Å². The second kappa shape index (κ2) is 20.3. The number of aryl methyl sites for hydroxylation is 1. The summed E-state index contributed by atoms with van der Waals surface area (Å²) in [5, 5.41) is 9.28. The summed E-state index contributed by atoms with van der Waals surface area (Å²) in [5.41, 5.74) is 20.9. The molecule has 0 radical (unpaired) electrons. The summed E-state index contributed by atoms with van der Waals surface area (Å²) in [6.07, 6.45) is 3.81. The second-order valence-electron chi connectivity index (χ2n) is 20.1. The third-order valence-electron chi connectivity index (χ3n) is 15.4. The van der Waals surface area contributed by atoms with Gasteiger partial charge in [0.25, 0.3) is 0 Å². The molecule has 0 unspecified atom stereocenters. The summed E-state index contributed by atoms with van der Waals surface area (Å²) >= 11 is 0. The highest BCUT2D eigenvalue weighted by molar-refractivity contribution is 6.15. The number of benzene rings is 11. The molecule has 0 atom stereocenters. The van der Waals surface area contributed by atoms with Gasteiger partial charge >= 0.3 is 0 Å². The minimum absolute atomic E-state index is 0.915. The molecule has 370 valence electrons. The van der Waals surface area contributed by atoms with Gasteiger partial charge < -0.3 is 0 Å². The molecule has 0 saturated carbocycles. The summed E-state index contributed by atoms with van der Waals surface area (Å²) in [5.74, 6) is 0. The maximum absolute atomic E-state index is 5.38. The Balaban J connectivity index is 0.000000144. The van der Waals surface area contributed by atoms with Gasteiger partial charge in [-0.05, 0) is 114 Å². The molecule has 15 aromatic rings. The van der Waals surface area contributed by atoms with E-state index < -0.39 is 0 Å². The van der Waals surface area contributed by atoms with E-state index >= 15 is 0 Å². The molecular formula is C75H50N4. The molecule has 0 aliphatic carbocycles. The van der Waals surface area contributed by atoms with Crippen LogP contribution in [-0.2, 0) is 0 Å². The Bertz CT molecular complexity index is 4750. The van der Waals surface area contributed by atoms with E-state index in [4.69, 9.17) is 19.9 Å². The quantitative estimate of drug-likeness (QED) is 0.149. The summed E-state index contributed by atoms with van der Waals surface area (Å²) in [7, 11) is 0. The third-order valence-corrected chi connectivity index (χ3v) is 15.4. The SMILES string of the molecule is Cc1cccc2c(-c3cc(-c4ccccc4)c4ccc5c(-c6ccccc6)ccnc5c4n3)cccc12.c1ccc(-c2cccc3c(-c4cc(-c5ccccc5)c5ccc6c(-c7ccccc7)ccnc6c5n4)cccc23)cc1. The van der Waals surface area contributed by atoms with Crippen molar-refractivity contribution in [2.75, 3.05) is 0 Å². The fourth-order valence-corrected chi connectivity index (χ4v) is 11.6. The second-order valence-corrected chi connectivity index (χ2v) is 20.1. The smallest absolute Gasteiger partial charge is 0.0978 e. The molecule has 0 amide bonds. The van der Waals surface area contributed by atoms with Crippen molar-refractivity contribution in [3.63, 3.8) is 0 Å². The lowest BCUT2D eigenvalue weighted by molar-refractivity contribution is 1.37. The van der Waals surface area contributed by atoms with Gasteiger partial charge in [-0.2, -0.15) is 0 Å². The molecule has 4 heteroatoms. The van der Waals surface area contributed by atoms with E-state index in [1.54, 1.807) is 0 Å². The molecular weight excluding hydrogens is 957 g/mol. The van der Waals surface area contributed by atoms with Crippen LogP contribution < -0.4 is 0 Å². The zero-order valence-electron chi connectivity index (χ0n) is 43.4. The first-order valence-electron chi connectivity index (χ1n) is 26.9. The van der Waals surface area contributed by atoms with Crippen LogP contribution in [0.3, 0.4) is 0 Å². The predicted molar refractivity (Wildman–Crippen MR) is 332 cm³/mol. The Hall–Kier alpha value is -10.4. The molecule has 11 aromatic carbocycles. The van der Waals surface area contributed by atoms with Crippen LogP contribution in [0.2, 0.25) is 0 Å². The molecule has 0 aliphatic heterocycles. The number of aromatic nitrogens is 4. The number of hydrogen-bond acceptors (Lipinski definition) is 4. The molecule has 0 saturated heterocycles. The lowest BCUT2D eigenvalue weighted by atomic mass is 9.92. The molecule has 79 heavy (non-hydrogen) atoms. The fraction of sp³-hybridized carbons (Fsp3) is 0.0133. The monoisotopic (exact) mass is 1010 g/mol. The van der Waals surface area contributed by atoms with Gasteiger partial charge in [0.2, 0.25) is 0 Å². The summed E-state index contributed by atoms with van der Waals surface area (Å²) < 4.78 is 0. The minimum atomic E-state index is 0.915. The molecule has 0 aliphatic rings. The van der Waals surface area contributed by atoms with E-state index in [1.165, 1.54) is 66.1 Å². The average Bonchev–Trinajstić information content (AvgIpc) is 3.72. The van der Waals surface area contributed by atoms with E-state index in [9.17, 15) is 0 Å². The van der Waals surface area contributed by atoms with Gasteiger partial charge in [-0.15, -0.1) is 0 Å². The minimum Gasteiger partial charge on any atom is -0.254 e. The first kappa shape index (κ1) is 47.1. The average molecular weight is 1010 g/mol. The topological polar surface area (TPSA) is 51.6 Å². The van der Waals surface area contributed by atoms with Crippen LogP contribution >= 0.6 is 0 Å². The fourth-order valence-electron chi connectivity index (χ4n) is 11.6. The maximum atomic E-state index is 5.38. The van der Waals surface area contributed by atoms with Crippen LogP contribution in [0, 0.1) is 6.92 Å². The predicted octanol–water partition coefficient (Wildman–Crippen LogP) is 19.8. The van der Waals surface area contributed by atoms with Gasteiger partial charge in [-0.25, -0.2) is 9.97 Å². The zero-order valence-corrected chi connectivity index (χ0v) is 43.4. The Morgan fingerprint density at radius 2 is 0.519 bits per heavy atom. The Morgan fingerprint density at radius 1 is 0.215 bits per heavy atom.